The quantitative estimate of drug-likeness (QED) is 0.911. The lowest BCUT2D eigenvalue weighted by molar-refractivity contribution is 0.0696. The topological polar surface area (TPSA) is 85.5 Å². The van der Waals surface area contributed by atoms with Crippen LogP contribution >= 0.6 is 0 Å². The molecule has 1 N–H and O–H groups in total. The molecule has 1 saturated carbocycles. The van der Waals surface area contributed by atoms with Gasteiger partial charge in [-0.3, -0.25) is 0 Å². The van der Waals surface area contributed by atoms with Gasteiger partial charge in [0.15, 0.2) is 12.4 Å². The number of ether oxygens (including phenoxy) is 1. The van der Waals surface area contributed by atoms with Gasteiger partial charge in [-0.05, 0) is 31.0 Å². The van der Waals surface area contributed by atoms with E-state index in [1.165, 1.54) is 31.4 Å². The molecule has 3 rings (SSSR count). The third-order valence-electron chi connectivity index (χ3n) is 3.90. The van der Waals surface area contributed by atoms with E-state index in [1.54, 1.807) is 12.1 Å². The fraction of sp³-hybridized carbons (Fsp3) is 0.438. The molecule has 0 bridgehead atoms. The van der Waals surface area contributed by atoms with Crippen molar-refractivity contribution in [3.8, 4) is 5.75 Å². The second kappa shape index (κ2) is 6.60. The molecule has 22 heavy (non-hydrogen) atoms. The summed E-state index contributed by atoms with van der Waals surface area (Å²) in [6.45, 7) is 0.142. The van der Waals surface area contributed by atoms with Crippen molar-refractivity contribution in [2.45, 2.75) is 44.6 Å². The summed E-state index contributed by atoms with van der Waals surface area (Å²) in [5, 5.41) is 13.0. The van der Waals surface area contributed by atoms with E-state index in [-0.39, 0.29) is 12.2 Å². The van der Waals surface area contributed by atoms with Crippen molar-refractivity contribution < 1.29 is 19.2 Å². The number of hydrogen-bond acceptors (Lipinski definition) is 5. The van der Waals surface area contributed by atoms with Crippen molar-refractivity contribution >= 4 is 5.97 Å². The van der Waals surface area contributed by atoms with E-state index >= 15 is 0 Å². The molecule has 0 unspecified atom stereocenters. The monoisotopic (exact) mass is 302 g/mol. The second-order valence-corrected chi connectivity index (χ2v) is 5.50. The van der Waals surface area contributed by atoms with Gasteiger partial charge in [0.1, 0.15) is 5.75 Å². The van der Waals surface area contributed by atoms with Crippen molar-refractivity contribution in [2.75, 3.05) is 0 Å². The maximum absolute atomic E-state index is 10.9. The van der Waals surface area contributed by atoms with E-state index in [2.05, 4.69) is 10.1 Å². The maximum Gasteiger partial charge on any atom is 0.335 e. The zero-order chi connectivity index (χ0) is 15.4. The second-order valence-electron chi connectivity index (χ2n) is 5.50. The number of aromatic nitrogens is 2. The van der Waals surface area contributed by atoms with Crippen molar-refractivity contribution in [1.82, 2.24) is 10.1 Å². The number of aromatic carboxylic acids is 1. The van der Waals surface area contributed by atoms with Gasteiger partial charge in [-0.2, -0.15) is 4.98 Å². The third kappa shape index (κ3) is 3.44. The zero-order valence-electron chi connectivity index (χ0n) is 12.2. The van der Waals surface area contributed by atoms with Crippen LogP contribution in [0.15, 0.2) is 28.8 Å². The van der Waals surface area contributed by atoms with E-state index in [0.29, 0.717) is 17.6 Å². The van der Waals surface area contributed by atoms with E-state index in [4.69, 9.17) is 14.4 Å². The Hall–Kier alpha value is -2.37. The predicted molar refractivity (Wildman–Crippen MR) is 77.9 cm³/mol. The number of hydrogen-bond donors (Lipinski definition) is 1. The summed E-state index contributed by atoms with van der Waals surface area (Å²) in [4.78, 5) is 15.3. The van der Waals surface area contributed by atoms with Gasteiger partial charge in [-0.15, -0.1) is 0 Å². The Morgan fingerprint density at radius 3 is 2.91 bits per heavy atom. The first kappa shape index (κ1) is 14.6. The lowest BCUT2D eigenvalue weighted by Gasteiger charge is -2.17. The fourth-order valence-electron chi connectivity index (χ4n) is 2.72. The lowest BCUT2D eigenvalue weighted by atomic mass is 9.89. The Morgan fingerprint density at radius 2 is 2.14 bits per heavy atom. The molecule has 0 atom stereocenters. The molecular formula is C16H18N2O4. The van der Waals surface area contributed by atoms with E-state index in [0.717, 1.165) is 18.7 Å². The predicted octanol–water partition coefficient (Wildman–Crippen LogP) is 3.39. The normalized spacial score (nSPS) is 15.6. The fourth-order valence-corrected chi connectivity index (χ4v) is 2.72. The summed E-state index contributed by atoms with van der Waals surface area (Å²) in [7, 11) is 0. The molecule has 0 saturated heterocycles. The molecule has 6 heteroatoms. The molecule has 0 radical (unpaired) electrons. The van der Waals surface area contributed by atoms with Crippen molar-refractivity contribution in [3.05, 3.63) is 41.5 Å². The van der Waals surface area contributed by atoms with E-state index in [1.807, 2.05) is 0 Å². The van der Waals surface area contributed by atoms with Gasteiger partial charge in [0.25, 0.3) is 5.89 Å². The summed E-state index contributed by atoms with van der Waals surface area (Å²) in [5.41, 5.74) is 0.186. The maximum atomic E-state index is 10.9. The smallest absolute Gasteiger partial charge is 0.335 e. The zero-order valence-corrected chi connectivity index (χ0v) is 12.2. The van der Waals surface area contributed by atoms with Gasteiger partial charge in [0, 0.05) is 5.92 Å². The number of benzene rings is 1. The standard InChI is InChI=1S/C16H18N2O4/c19-16(20)12-7-4-8-13(9-12)21-10-14-17-15(18-22-14)11-5-2-1-3-6-11/h4,7-9,11H,1-3,5-6,10H2,(H,19,20). The first-order chi connectivity index (χ1) is 10.7. The molecular weight excluding hydrogens is 284 g/mol. The summed E-state index contributed by atoms with van der Waals surface area (Å²) in [6.07, 6.45) is 5.94. The van der Waals surface area contributed by atoms with Crippen LogP contribution in [0.2, 0.25) is 0 Å². The molecule has 1 aromatic heterocycles. The van der Waals surface area contributed by atoms with Gasteiger partial charge in [0.2, 0.25) is 0 Å². The minimum absolute atomic E-state index is 0.142. The van der Waals surface area contributed by atoms with Crippen LogP contribution in [0.1, 0.15) is 60.1 Å². The Bertz CT molecular complexity index is 647. The van der Waals surface area contributed by atoms with Gasteiger partial charge < -0.3 is 14.4 Å². The molecule has 2 aromatic rings. The Morgan fingerprint density at radius 1 is 1.32 bits per heavy atom. The molecule has 1 aromatic carbocycles. The molecule has 0 spiro atoms. The van der Waals surface area contributed by atoms with Crippen LogP contribution < -0.4 is 4.74 Å². The number of rotatable bonds is 5. The summed E-state index contributed by atoms with van der Waals surface area (Å²) in [5.74, 6) is 1.06. The number of carboxylic acid groups (broad SMARTS) is 1. The average molecular weight is 302 g/mol. The Labute approximate surface area is 128 Å². The van der Waals surface area contributed by atoms with E-state index < -0.39 is 5.97 Å². The SMILES string of the molecule is O=C(O)c1cccc(OCc2nc(C3CCCCC3)no2)c1. The molecule has 1 aliphatic rings. The molecule has 1 aliphatic carbocycles. The molecule has 0 amide bonds. The lowest BCUT2D eigenvalue weighted by Crippen LogP contribution is -2.06. The molecule has 116 valence electrons. The summed E-state index contributed by atoms with van der Waals surface area (Å²) < 4.78 is 10.7. The largest absolute Gasteiger partial charge is 0.484 e. The first-order valence-corrected chi connectivity index (χ1v) is 7.51. The number of carbonyl (C=O) groups is 1. The van der Waals surface area contributed by atoms with Gasteiger partial charge in [0.05, 0.1) is 5.56 Å². The molecule has 0 aliphatic heterocycles. The van der Waals surface area contributed by atoms with Crippen LogP contribution in [0.5, 0.6) is 5.75 Å². The molecule has 1 fully saturated rings. The highest BCUT2D eigenvalue weighted by Crippen LogP contribution is 2.30. The van der Waals surface area contributed by atoms with Crippen LogP contribution in [-0.2, 0) is 6.61 Å². The van der Waals surface area contributed by atoms with Crippen molar-refractivity contribution in [1.29, 1.82) is 0 Å². The van der Waals surface area contributed by atoms with Gasteiger partial charge in [-0.25, -0.2) is 4.79 Å². The van der Waals surface area contributed by atoms with Gasteiger partial charge >= 0.3 is 5.97 Å². The third-order valence-corrected chi connectivity index (χ3v) is 3.90. The van der Waals surface area contributed by atoms with Crippen molar-refractivity contribution in [3.63, 3.8) is 0 Å². The van der Waals surface area contributed by atoms with Crippen LogP contribution in [0, 0.1) is 0 Å². The van der Waals surface area contributed by atoms with Crippen LogP contribution in [0.3, 0.4) is 0 Å². The van der Waals surface area contributed by atoms with Gasteiger partial charge in [-0.1, -0.05) is 30.5 Å². The number of carboxylic acids is 1. The van der Waals surface area contributed by atoms with Crippen LogP contribution in [0.25, 0.3) is 0 Å². The van der Waals surface area contributed by atoms with Crippen LogP contribution in [0.4, 0.5) is 0 Å². The summed E-state index contributed by atoms with van der Waals surface area (Å²) in [6, 6.07) is 6.33. The molecule has 1 heterocycles. The highest BCUT2D eigenvalue weighted by molar-refractivity contribution is 5.87. The average Bonchev–Trinajstić information content (AvgIpc) is 3.03. The number of nitrogens with zero attached hydrogens (tertiary/aromatic N) is 2. The Balaban J connectivity index is 1.61. The van der Waals surface area contributed by atoms with Crippen molar-refractivity contribution in [2.24, 2.45) is 0 Å². The Kier molecular flexibility index (Phi) is 4.37. The highest BCUT2D eigenvalue weighted by Gasteiger charge is 2.21. The summed E-state index contributed by atoms with van der Waals surface area (Å²) >= 11 is 0. The minimum Gasteiger partial charge on any atom is -0.484 e. The first-order valence-electron chi connectivity index (χ1n) is 7.51. The minimum atomic E-state index is -0.983. The highest BCUT2D eigenvalue weighted by atomic mass is 16.5. The molecule has 6 nitrogen and oxygen atoms in total. The van der Waals surface area contributed by atoms with E-state index in [9.17, 15) is 4.79 Å². The van der Waals surface area contributed by atoms with Crippen LogP contribution in [-0.4, -0.2) is 21.2 Å².